The molecule has 0 unspecified atom stereocenters. The average Bonchev–Trinajstić information content (AvgIpc) is 2.64. The van der Waals surface area contributed by atoms with E-state index < -0.39 is 34.8 Å². The molecule has 26 heavy (non-hydrogen) atoms. The second kappa shape index (κ2) is 10.7. The molecule has 1 aliphatic rings. The minimum Gasteiger partial charge on any atom is -0.868 e. The molecule has 0 amide bonds. The molecular formula is C19H28F5NO. The van der Waals surface area contributed by atoms with Crippen LogP contribution < -0.4 is 5.11 Å². The number of piperidine rings is 1. The van der Waals surface area contributed by atoms with E-state index >= 15 is 0 Å². The maximum absolute atomic E-state index is 12.1. The highest BCUT2D eigenvalue weighted by Gasteiger charge is 2.23. The Balaban J connectivity index is 0.000000263. The first-order valence-electron chi connectivity index (χ1n) is 9.25. The van der Waals surface area contributed by atoms with E-state index in [4.69, 9.17) is 0 Å². The molecule has 1 saturated heterocycles. The van der Waals surface area contributed by atoms with Gasteiger partial charge < -0.3 is 9.59 Å². The zero-order valence-electron chi connectivity index (χ0n) is 15.5. The van der Waals surface area contributed by atoms with Gasteiger partial charge in [-0.3, -0.25) is 0 Å². The summed E-state index contributed by atoms with van der Waals surface area (Å²) in [6.07, 6.45) is 11.6. The maximum Gasteiger partial charge on any atom is 0.200 e. The molecule has 2 rings (SSSR count). The molecule has 1 aromatic carbocycles. The van der Waals surface area contributed by atoms with E-state index in [-0.39, 0.29) is 0 Å². The molecule has 0 saturated carbocycles. The third-order valence-corrected chi connectivity index (χ3v) is 4.87. The first-order valence-corrected chi connectivity index (χ1v) is 9.25. The largest absolute Gasteiger partial charge is 0.868 e. The Morgan fingerprint density at radius 1 is 0.731 bits per heavy atom. The predicted octanol–water partition coefficient (Wildman–Crippen LogP) is 5.04. The van der Waals surface area contributed by atoms with Crippen LogP contribution in [0.2, 0.25) is 0 Å². The van der Waals surface area contributed by atoms with Crippen LogP contribution in [-0.2, 0) is 0 Å². The lowest BCUT2D eigenvalue weighted by atomic mass is 10.1. The SMILES string of the molecule is CCCCCCC[N+]1(C)CCCCC1.[O-]c1c(F)c(F)c(F)c(F)c1F. The van der Waals surface area contributed by atoms with Gasteiger partial charge in [0.2, 0.25) is 0 Å². The van der Waals surface area contributed by atoms with Crippen LogP contribution in [0.25, 0.3) is 0 Å². The average molecular weight is 381 g/mol. The number of nitrogens with zero attached hydrogens (tertiary/aromatic N) is 1. The fourth-order valence-corrected chi connectivity index (χ4v) is 3.18. The van der Waals surface area contributed by atoms with Crippen molar-refractivity contribution < 1.29 is 31.5 Å². The Labute approximate surface area is 152 Å². The summed E-state index contributed by atoms with van der Waals surface area (Å²) >= 11 is 0. The topological polar surface area (TPSA) is 23.1 Å². The number of unbranched alkanes of at least 4 members (excludes halogenated alkanes) is 4. The van der Waals surface area contributed by atoms with Crippen molar-refractivity contribution in [1.29, 1.82) is 0 Å². The van der Waals surface area contributed by atoms with Crippen LogP contribution in [0.1, 0.15) is 58.3 Å². The molecule has 0 radical (unpaired) electrons. The number of benzene rings is 1. The van der Waals surface area contributed by atoms with Crippen molar-refractivity contribution in [3.63, 3.8) is 0 Å². The van der Waals surface area contributed by atoms with Gasteiger partial charge in [0.05, 0.1) is 26.7 Å². The van der Waals surface area contributed by atoms with Crippen molar-refractivity contribution >= 4 is 0 Å². The first-order chi connectivity index (χ1) is 12.2. The van der Waals surface area contributed by atoms with Gasteiger partial charge in [0.25, 0.3) is 0 Å². The summed E-state index contributed by atoms with van der Waals surface area (Å²) in [4.78, 5) is 0. The molecule has 1 heterocycles. The summed E-state index contributed by atoms with van der Waals surface area (Å²) in [5.74, 6) is -13.6. The van der Waals surface area contributed by atoms with Gasteiger partial charge in [-0.25, -0.2) is 22.0 Å². The van der Waals surface area contributed by atoms with Gasteiger partial charge in [-0.05, 0) is 37.9 Å². The van der Waals surface area contributed by atoms with Crippen molar-refractivity contribution in [3.8, 4) is 5.75 Å². The minimum atomic E-state index is -2.33. The maximum atomic E-state index is 12.1. The highest BCUT2D eigenvalue weighted by Crippen LogP contribution is 2.25. The molecule has 0 spiro atoms. The fraction of sp³-hybridized carbons (Fsp3) is 0.684. The molecular weight excluding hydrogens is 353 g/mol. The molecule has 1 fully saturated rings. The Bertz CT molecular complexity index is 469. The van der Waals surface area contributed by atoms with Crippen molar-refractivity contribution in [1.82, 2.24) is 0 Å². The monoisotopic (exact) mass is 381 g/mol. The molecule has 2 nitrogen and oxygen atoms in total. The highest BCUT2D eigenvalue weighted by atomic mass is 19.2. The van der Waals surface area contributed by atoms with E-state index in [1.54, 1.807) is 0 Å². The summed E-state index contributed by atoms with van der Waals surface area (Å²) in [6, 6.07) is 0. The molecule has 150 valence electrons. The third-order valence-electron chi connectivity index (χ3n) is 4.87. The summed E-state index contributed by atoms with van der Waals surface area (Å²) < 4.78 is 61.8. The van der Waals surface area contributed by atoms with E-state index in [0.717, 1.165) is 0 Å². The molecule has 0 aliphatic carbocycles. The normalized spacial score (nSPS) is 16.1. The molecule has 7 heteroatoms. The van der Waals surface area contributed by atoms with Gasteiger partial charge in [-0.15, -0.1) is 0 Å². The lowest BCUT2D eigenvalue weighted by Gasteiger charge is -2.37. The van der Waals surface area contributed by atoms with Gasteiger partial charge in [0, 0.05) is 0 Å². The zero-order valence-corrected chi connectivity index (χ0v) is 15.5. The van der Waals surface area contributed by atoms with Crippen LogP contribution in [0, 0.1) is 29.1 Å². The summed E-state index contributed by atoms with van der Waals surface area (Å²) in [5.41, 5.74) is 0. The van der Waals surface area contributed by atoms with Gasteiger partial charge in [-0.2, -0.15) is 0 Å². The molecule has 1 aliphatic heterocycles. The summed E-state index contributed by atoms with van der Waals surface area (Å²) in [7, 11) is 2.46. The van der Waals surface area contributed by atoms with Crippen LogP contribution in [0.3, 0.4) is 0 Å². The van der Waals surface area contributed by atoms with Gasteiger partial charge in [0.1, 0.15) is 0 Å². The van der Waals surface area contributed by atoms with E-state index in [2.05, 4.69) is 14.0 Å². The Morgan fingerprint density at radius 2 is 1.19 bits per heavy atom. The molecule has 0 bridgehead atoms. The molecule has 0 N–H and O–H groups in total. The van der Waals surface area contributed by atoms with Crippen LogP contribution in [0.5, 0.6) is 5.75 Å². The second-order valence-corrected chi connectivity index (χ2v) is 7.16. The quantitative estimate of drug-likeness (QED) is 0.223. The second-order valence-electron chi connectivity index (χ2n) is 7.16. The van der Waals surface area contributed by atoms with Crippen molar-refractivity contribution in [3.05, 3.63) is 29.1 Å². The zero-order chi connectivity index (χ0) is 19.7. The van der Waals surface area contributed by atoms with Crippen LogP contribution in [0.4, 0.5) is 22.0 Å². The van der Waals surface area contributed by atoms with Crippen molar-refractivity contribution in [2.75, 3.05) is 26.7 Å². The number of likely N-dealkylation sites (tertiary alicyclic amines) is 1. The van der Waals surface area contributed by atoms with E-state index in [9.17, 15) is 27.1 Å². The molecule has 0 aromatic heterocycles. The van der Waals surface area contributed by atoms with Crippen LogP contribution >= 0.6 is 0 Å². The van der Waals surface area contributed by atoms with Gasteiger partial charge in [-0.1, -0.05) is 26.2 Å². The Morgan fingerprint density at radius 3 is 1.69 bits per heavy atom. The van der Waals surface area contributed by atoms with Crippen molar-refractivity contribution in [2.24, 2.45) is 0 Å². The number of quaternary nitrogens is 1. The standard InChI is InChI=1S/C13H28N.C6HF5O/c1-3-4-5-6-8-11-14(2)12-9-7-10-13-14;7-1-2(8)4(10)6(12)5(11)3(1)9/h3-13H2,1-2H3;12H/q+1;/p-1. The van der Waals surface area contributed by atoms with Crippen LogP contribution in [-0.4, -0.2) is 31.2 Å². The summed E-state index contributed by atoms with van der Waals surface area (Å²) in [6.45, 7) is 6.60. The Kier molecular flexibility index (Phi) is 9.33. The summed E-state index contributed by atoms with van der Waals surface area (Å²) in [5, 5.41) is 10.2. The third kappa shape index (κ3) is 6.41. The molecule has 0 atom stereocenters. The van der Waals surface area contributed by atoms with Crippen LogP contribution in [0.15, 0.2) is 0 Å². The van der Waals surface area contributed by atoms with Gasteiger partial charge in [0.15, 0.2) is 29.1 Å². The lowest BCUT2D eigenvalue weighted by molar-refractivity contribution is -0.914. The van der Waals surface area contributed by atoms with E-state index in [1.165, 1.54) is 75.5 Å². The fourth-order valence-electron chi connectivity index (χ4n) is 3.18. The lowest BCUT2D eigenvalue weighted by Crippen LogP contribution is -2.48. The molecule has 1 aromatic rings. The number of hydrogen-bond donors (Lipinski definition) is 0. The number of halogens is 5. The minimum absolute atomic E-state index is 1.37. The van der Waals surface area contributed by atoms with Gasteiger partial charge >= 0.3 is 0 Å². The van der Waals surface area contributed by atoms with E-state index in [1.807, 2.05) is 0 Å². The predicted molar refractivity (Wildman–Crippen MR) is 89.1 cm³/mol. The highest BCUT2D eigenvalue weighted by molar-refractivity contribution is 5.26. The smallest absolute Gasteiger partial charge is 0.200 e. The van der Waals surface area contributed by atoms with Crippen molar-refractivity contribution in [2.45, 2.75) is 58.3 Å². The number of hydrogen-bond acceptors (Lipinski definition) is 1. The number of rotatable bonds is 6. The first kappa shape index (κ1) is 22.7. The Hall–Kier alpha value is -1.37. The van der Waals surface area contributed by atoms with E-state index in [0.29, 0.717) is 0 Å².